The molecule has 0 heterocycles. The third-order valence-corrected chi connectivity index (χ3v) is 14.3. The van der Waals surface area contributed by atoms with E-state index in [0.717, 1.165) is 65.0 Å². The zero-order chi connectivity index (χ0) is 34.2. The standard InChI is InChI=1S/C37H72N4O5S/c1-26(2)34(46-47(43,44)45)13-10-27(3)30-11-12-31-35-32(15-17-37(30,31)5)36(4)16-14-29(24-28(36)25-33(35)42)41-23-9-22-40-20-7-6-19-39-21-8-18-38/h26-35,39-42H,6-25,38H2,1-5H3,(H,43,44,45)/t27?,28-,29+,30-,31?,32?,33?,34-,35?,36+,37-/m1/s1. The maximum atomic E-state index is 11.8. The first-order chi connectivity index (χ1) is 22.3. The Hall–Kier alpha value is -0.330. The molecule has 11 atom stereocenters. The zero-order valence-corrected chi connectivity index (χ0v) is 31.3. The first-order valence-corrected chi connectivity index (χ1v) is 20.8. The summed E-state index contributed by atoms with van der Waals surface area (Å²) in [6.45, 7) is 17.4. The van der Waals surface area contributed by atoms with Crippen LogP contribution in [0.2, 0.25) is 0 Å². The highest BCUT2D eigenvalue weighted by atomic mass is 32.3. The fourth-order valence-electron chi connectivity index (χ4n) is 11.2. The summed E-state index contributed by atoms with van der Waals surface area (Å²) < 4.78 is 37.2. The molecule has 0 amide bonds. The summed E-state index contributed by atoms with van der Waals surface area (Å²) in [5.74, 6) is 3.20. The SMILES string of the molecule is CC(CC[C@@H](OS(=O)(=O)O)C(C)C)[C@H]1CCC2C3C(O)C[C@H]4C[C@@H](NCCCNCCCCNCCCN)CC[C@]4(C)C3CC[C@@]21C. The van der Waals surface area contributed by atoms with Gasteiger partial charge in [-0.3, -0.25) is 4.55 Å². The molecule has 7 N–H and O–H groups in total. The first kappa shape index (κ1) is 39.5. The summed E-state index contributed by atoms with van der Waals surface area (Å²) in [7, 11) is -4.46. The van der Waals surface area contributed by atoms with Gasteiger partial charge in [0.15, 0.2) is 0 Å². The van der Waals surface area contributed by atoms with Crippen LogP contribution in [0.4, 0.5) is 0 Å². The Morgan fingerprint density at radius 1 is 0.830 bits per heavy atom. The molecule has 4 aliphatic carbocycles. The smallest absolute Gasteiger partial charge is 0.393 e. The number of aliphatic hydroxyl groups excluding tert-OH is 1. The lowest BCUT2D eigenvalue weighted by Gasteiger charge is -2.62. The predicted octanol–water partition coefficient (Wildman–Crippen LogP) is 5.53. The molecular formula is C37H72N4O5S. The lowest BCUT2D eigenvalue weighted by Crippen LogP contribution is -2.59. The molecule has 0 aliphatic heterocycles. The summed E-state index contributed by atoms with van der Waals surface area (Å²) in [6.07, 6.45) is 15.0. The van der Waals surface area contributed by atoms with Gasteiger partial charge in [0.2, 0.25) is 0 Å². The van der Waals surface area contributed by atoms with E-state index in [2.05, 4.69) is 36.7 Å². The highest BCUT2D eigenvalue weighted by Crippen LogP contribution is 2.68. The molecule has 0 radical (unpaired) electrons. The maximum absolute atomic E-state index is 11.8. The number of hydrogen-bond donors (Lipinski definition) is 6. The van der Waals surface area contributed by atoms with Crippen molar-refractivity contribution >= 4 is 10.4 Å². The van der Waals surface area contributed by atoms with Crippen LogP contribution in [0.3, 0.4) is 0 Å². The van der Waals surface area contributed by atoms with Crippen molar-refractivity contribution < 1.29 is 22.3 Å². The second-order valence-corrected chi connectivity index (χ2v) is 18.1. The number of nitrogens with two attached hydrogens (primary N) is 1. The van der Waals surface area contributed by atoms with Crippen molar-refractivity contribution in [3.05, 3.63) is 0 Å². The van der Waals surface area contributed by atoms with E-state index in [1.807, 2.05) is 13.8 Å². The highest BCUT2D eigenvalue weighted by Gasteiger charge is 2.62. The molecule has 4 aliphatic rings. The van der Waals surface area contributed by atoms with Crippen molar-refractivity contribution in [2.45, 2.75) is 143 Å². The van der Waals surface area contributed by atoms with Crippen LogP contribution in [-0.2, 0) is 14.6 Å². The second-order valence-electron chi connectivity index (χ2n) is 17.0. The van der Waals surface area contributed by atoms with Crippen molar-refractivity contribution in [1.29, 1.82) is 0 Å². The molecule has 0 aromatic heterocycles. The van der Waals surface area contributed by atoms with Gasteiger partial charge in [0.1, 0.15) is 0 Å². The fourth-order valence-corrected chi connectivity index (χ4v) is 11.8. The van der Waals surface area contributed by atoms with Gasteiger partial charge < -0.3 is 26.8 Å². The Morgan fingerprint density at radius 3 is 2.13 bits per heavy atom. The molecule has 0 aromatic carbocycles. The molecule has 9 nitrogen and oxygen atoms in total. The van der Waals surface area contributed by atoms with Crippen LogP contribution in [0.5, 0.6) is 0 Å². The third kappa shape index (κ3) is 10.1. The molecule has 47 heavy (non-hydrogen) atoms. The highest BCUT2D eigenvalue weighted by molar-refractivity contribution is 7.80. The molecule has 276 valence electrons. The number of aliphatic hydroxyl groups is 1. The van der Waals surface area contributed by atoms with Crippen molar-refractivity contribution in [2.75, 3.05) is 39.3 Å². The van der Waals surface area contributed by atoms with Gasteiger partial charge in [-0.25, -0.2) is 4.18 Å². The van der Waals surface area contributed by atoms with Crippen LogP contribution in [0.1, 0.15) is 125 Å². The minimum Gasteiger partial charge on any atom is -0.393 e. The molecular weight excluding hydrogens is 612 g/mol. The first-order valence-electron chi connectivity index (χ1n) is 19.5. The van der Waals surface area contributed by atoms with Crippen LogP contribution >= 0.6 is 0 Å². The molecule has 4 rings (SSSR count). The van der Waals surface area contributed by atoms with E-state index in [0.29, 0.717) is 53.4 Å². The molecule has 0 saturated heterocycles. The maximum Gasteiger partial charge on any atom is 0.397 e. The summed E-state index contributed by atoms with van der Waals surface area (Å²) in [5, 5.41) is 22.8. The lowest BCUT2D eigenvalue weighted by atomic mass is 9.43. The monoisotopic (exact) mass is 685 g/mol. The zero-order valence-electron chi connectivity index (χ0n) is 30.5. The summed E-state index contributed by atoms with van der Waals surface area (Å²) in [4.78, 5) is 0. The van der Waals surface area contributed by atoms with E-state index in [9.17, 15) is 18.1 Å². The fraction of sp³-hybridized carbons (Fsp3) is 1.00. The molecule has 4 saturated carbocycles. The summed E-state index contributed by atoms with van der Waals surface area (Å²) in [6, 6.07) is 0.571. The Kier molecular flexibility index (Phi) is 14.9. The Labute approximate surface area is 288 Å². The van der Waals surface area contributed by atoms with Gasteiger partial charge in [-0.15, -0.1) is 0 Å². The van der Waals surface area contributed by atoms with Gasteiger partial charge >= 0.3 is 10.4 Å². The van der Waals surface area contributed by atoms with E-state index in [4.69, 9.17) is 9.92 Å². The average molecular weight is 685 g/mol. The van der Waals surface area contributed by atoms with Crippen molar-refractivity contribution in [2.24, 2.45) is 58.0 Å². The summed E-state index contributed by atoms with van der Waals surface area (Å²) in [5.41, 5.74) is 6.08. The van der Waals surface area contributed by atoms with Gasteiger partial charge in [0, 0.05) is 6.04 Å². The topological polar surface area (TPSA) is 146 Å². The quantitative estimate of drug-likeness (QED) is 0.0720. The largest absolute Gasteiger partial charge is 0.397 e. The van der Waals surface area contributed by atoms with Crippen LogP contribution in [0.15, 0.2) is 0 Å². The lowest BCUT2D eigenvalue weighted by molar-refractivity contribution is -0.167. The van der Waals surface area contributed by atoms with E-state index < -0.39 is 16.5 Å². The van der Waals surface area contributed by atoms with Crippen LogP contribution in [0, 0.1) is 52.3 Å². The van der Waals surface area contributed by atoms with E-state index >= 15 is 0 Å². The van der Waals surface area contributed by atoms with Crippen LogP contribution < -0.4 is 21.7 Å². The van der Waals surface area contributed by atoms with Gasteiger partial charge in [0.25, 0.3) is 0 Å². The molecule has 0 aromatic rings. The van der Waals surface area contributed by atoms with E-state index in [-0.39, 0.29) is 17.4 Å². The molecule has 0 spiro atoms. The van der Waals surface area contributed by atoms with Crippen molar-refractivity contribution in [3.63, 3.8) is 0 Å². The molecule has 0 bridgehead atoms. The predicted molar refractivity (Wildman–Crippen MR) is 191 cm³/mol. The second kappa shape index (κ2) is 17.7. The molecule has 10 heteroatoms. The number of rotatable bonds is 20. The van der Waals surface area contributed by atoms with Crippen molar-refractivity contribution in [3.8, 4) is 0 Å². The van der Waals surface area contributed by atoms with E-state index in [1.165, 1.54) is 57.8 Å². The molecule has 5 unspecified atom stereocenters. The number of hydrogen-bond acceptors (Lipinski definition) is 8. The van der Waals surface area contributed by atoms with Gasteiger partial charge in [-0.1, -0.05) is 34.6 Å². The number of fused-ring (bicyclic) bond motifs is 5. The molecule has 4 fully saturated rings. The Bertz CT molecular complexity index is 1050. The van der Waals surface area contributed by atoms with E-state index in [1.54, 1.807) is 0 Å². The van der Waals surface area contributed by atoms with Gasteiger partial charge in [-0.2, -0.15) is 8.42 Å². The summed E-state index contributed by atoms with van der Waals surface area (Å²) >= 11 is 0. The van der Waals surface area contributed by atoms with Crippen molar-refractivity contribution in [1.82, 2.24) is 16.0 Å². The minimum absolute atomic E-state index is 0.0137. The van der Waals surface area contributed by atoms with Crippen LogP contribution in [-0.4, -0.2) is 75.6 Å². The number of nitrogens with one attached hydrogen (secondary N) is 3. The Morgan fingerprint density at radius 2 is 1.47 bits per heavy atom. The Balaban J connectivity index is 1.23. The normalized spacial score (nSPS) is 36.9. The average Bonchev–Trinajstić information content (AvgIpc) is 3.36. The minimum atomic E-state index is -4.46. The third-order valence-electron chi connectivity index (χ3n) is 13.8. The van der Waals surface area contributed by atoms with Gasteiger partial charge in [0.05, 0.1) is 12.2 Å². The number of unbranched alkanes of at least 4 members (excludes halogenated alkanes) is 1. The van der Waals surface area contributed by atoms with Gasteiger partial charge in [-0.05, 0) is 181 Å². The van der Waals surface area contributed by atoms with Crippen LogP contribution in [0.25, 0.3) is 0 Å².